The average molecular weight is 485 g/mol. The lowest BCUT2D eigenvalue weighted by molar-refractivity contribution is -0.170. The molecular formula is C19H36INO5. The lowest BCUT2D eigenvalue weighted by atomic mass is 9.87. The fourth-order valence-electron chi connectivity index (χ4n) is 3.68. The molecule has 0 bridgehead atoms. The second kappa shape index (κ2) is 9.49. The summed E-state index contributed by atoms with van der Waals surface area (Å²) >= 11 is 1.87. The van der Waals surface area contributed by atoms with Crippen molar-refractivity contribution in [2.75, 3.05) is 13.6 Å². The smallest absolute Gasteiger partial charge is 0.309 e. The van der Waals surface area contributed by atoms with E-state index in [4.69, 9.17) is 4.74 Å². The van der Waals surface area contributed by atoms with Gasteiger partial charge >= 0.3 is 5.97 Å². The molecule has 26 heavy (non-hydrogen) atoms. The summed E-state index contributed by atoms with van der Waals surface area (Å²) < 4.78 is 4.58. The zero-order valence-electron chi connectivity index (χ0n) is 16.9. The number of esters is 1. The van der Waals surface area contributed by atoms with Crippen molar-refractivity contribution >= 4 is 28.6 Å². The van der Waals surface area contributed by atoms with Crippen LogP contribution in [0.15, 0.2) is 0 Å². The van der Waals surface area contributed by atoms with Gasteiger partial charge in [0.05, 0.1) is 11.5 Å². The number of alkyl halides is 1. The molecule has 0 aromatic rings. The molecule has 0 radical (unpaired) electrons. The van der Waals surface area contributed by atoms with Gasteiger partial charge in [-0.2, -0.15) is 0 Å². The first-order chi connectivity index (χ1) is 11.8. The van der Waals surface area contributed by atoms with E-state index in [1.54, 1.807) is 6.92 Å². The lowest BCUT2D eigenvalue weighted by Gasteiger charge is -2.40. The van der Waals surface area contributed by atoms with Gasteiger partial charge < -0.3 is 25.0 Å². The van der Waals surface area contributed by atoms with Gasteiger partial charge in [-0.15, -0.1) is 0 Å². The Morgan fingerprint density at radius 2 is 1.81 bits per heavy atom. The lowest BCUT2D eigenvalue weighted by Crippen LogP contribution is -2.57. The zero-order chi connectivity index (χ0) is 20.3. The van der Waals surface area contributed by atoms with E-state index in [1.807, 2.05) is 48.4 Å². The molecule has 0 aromatic heterocycles. The van der Waals surface area contributed by atoms with E-state index in [2.05, 4.69) is 6.92 Å². The summed E-state index contributed by atoms with van der Waals surface area (Å²) in [5.41, 5.74) is -2.36. The highest BCUT2D eigenvalue weighted by atomic mass is 127. The predicted octanol–water partition coefficient (Wildman–Crippen LogP) is 2.32. The number of aliphatic hydroxyl groups is 3. The van der Waals surface area contributed by atoms with Crippen molar-refractivity contribution in [2.24, 2.45) is 11.8 Å². The van der Waals surface area contributed by atoms with E-state index in [1.165, 1.54) is 6.92 Å². The fourth-order valence-corrected chi connectivity index (χ4v) is 4.30. The summed E-state index contributed by atoms with van der Waals surface area (Å²) in [6.07, 6.45) is 1.53. The molecule has 1 rings (SSSR count). The van der Waals surface area contributed by atoms with Crippen molar-refractivity contribution < 1.29 is 24.9 Å². The number of cyclic esters (lactones) is 1. The van der Waals surface area contributed by atoms with Crippen LogP contribution in [0.25, 0.3) is 0 Å². The zero-order valence-corrected chi connectivity index (χ0v) is 19.1. The second-order valence-electron chi connectivity index (χ2n) is 8.70. The first-order valence-corrected chi connectivity index (χ1v) is 10.7. The molecular weight excluding hydrogens is 449 g/mol. The van der Waals surface area contributed by atoms with Crippen LogP contribution in [0.4, 0.5) is 0 Å². The molecule has 6 nitrogen and oxygen atoms in total. The molecule has 1 fully saturated rings. The molecule has 0 saturated carbocycles. The Balaban J connectivity index is 3.05. The van der Waals surface area contributed by atoms with Crippen LogP contribution in [0.5, 0.6) is 0 Å². The quantitative estimate of drug-likeness (QED) is 0.277. The minimum absolute atomic E-state index is 0.227. The number of likely N-dealkylation sites (N-methyl/N-ethyl adjacent to an activating group) is 1. The molecule has 1 heterocycles. The summed E-state index contributed by atoms with van der Waals surface area (Å²) in [4.78, 5) is 14.3. The predicted molar refractivity (Wildman–Crippen MR) is 110 cm³/mol. The Hall–Kier alpha value is 0.0400. The number of rotatable bonds is 0. The van der Waals surface area contributed by atoms with E-state index in [0.29, 0.717) is 25.8 Å². The van der Waals surface area contributed by atoms with Crippen LogP contribution >= 0.6 is 22.6 Å². The largest absolute Gasteiger partial charge is 0.448 e. The molecule has 1 saturated heterocycles. The molecule has 0 unspecified atom stereocenters. The number of nitrogens with zero attached hydrogens (tertiary/aromatic N) is 1. The van der Waals surface area contributed by atoms with Crippen molar-refractivity contribution in [3.8, 4) is 0 Å². The van der Waals surface area contributed by atoms with Crippen LogP contribution < -0.4 is 0 Å². The van der Waals surface area contributed by atoms with Crippen LogP contribution in [-0.2, 0) is 9.53 Å². The average Bonchev–Trinajstić information content (AvgIpc) is 2.51. The standard InChI is InChI=1S/C19H36INO5/c1-12-10-18(4,24)9-7-8-13(2)16(23)26-17(20)19(5,25)15(22)14(3)21(6)11-12/h12-15,17,22,24-25H,7-11H2,1-6H3/t12-,13-,14-,15-,17+,18+,19+/m1/s1. The van der Waals surface area contributed by atoms with Crippen LogP contribution in [0.2, 0.25) is 0 Å². The highest BCUT2D eigenvalue weighted by Crippen LogP contribution is 2.30. The third kappa shape index (κ3) is 6.58. The highest BCUT2D eigenvalue weighted by molar-refractivity contribution is 14.1. The van der Waals surface area contributed by atoms with Gasteiger partial charge in [-0.1, -0.05) is 13.8 Å². The van der Waals surface area contributed by atoms with Gasteiger partial charge in [0.1, 0.15) is 11.7 Å². The number of hydrogen-bond acceptors (Lipinski definition) is 6. The third-order valence-corrected chi connectivity index (χ3v) is 7.09. The molecule has 7 atom stereocenters. The van der Waals surface area contributed by atoms with Crippen LogP contribution in [0, 0.1) is 11.8 Å². The van der Waals surface area contributed by atoms with Gasteiger partial charge in [0.2, 0.25) is 0 Å². The monoisotopic (exact) mass is 485 g/mol. The van der Waals surface area contributed by atoms with Crippen molar-refractivity contribution in [3.05, 3.63) is 0 Å². The number of ether oxygens (including phenoxy) is 1. The summed E-state index contributed by atoms with van der Waals surface area (Å²) in [6, 6.07) is -0.337. The molecule has 1 aliphatic rings. The van der Waals surface area contributed by atoms with Gasteiger partial charge in [0, 0.05) is 12.6 Å². The molecule has 0 spiro atoms. The van der Waals surface area contributed by atoms with Gasteiger partial charge in [0.25, 0.3) is 0 Å². The summed E-state index contributed by atoms with van der Waals surface area (Å²) in [7, 11) is 1.89. The normalized spacial score (nSPS) is 45.5. The maximum atomic E-state index is 12.3. The molecule has 7 heteroatoms. The number of carbonyl (C=O) groups excluding carboxylic acids is 1. The summed E-state index contributed by atoms with van der Waals surface area (Å²) in [5, 5.41) is 32.2. The van der Waals surface area contributed by atoms with Crippen molar-refractivity contribution in [1.29, 1.82) is 0 Å². The molecule has 0 aliphatic carbocycles. The SMILES string of the molecule is C[C@H]1CN(C)[C@H](C)[C@@H](O)[C@](C)(O)[C@@H](I)OC(=O)[C@H](C)CCC[C@](C)(O)C1. The second-order valence-corrected chi connectivity index (χ2v) is 9.83. The Morgan fingerprint density at radius 1 is 1.23 bits per heavy atom. The van der Waals surface area contributed by atoms with E-state index in [9.17, 15) is 20.1 Å². The van der Waals surface area contributed by atoms with Crippen molar-refractivity contribution in [2.45, 2.75) is 87.8 Å². The number of hydrogen-bond donors (Lipinski definition) is 3. The maximum Gasteiger partial charge on any atom is 0.309 e. The molecule has 1 aliphatic heterocycles. The van der Waals surface area contributed by atoms with E-state index in [-0.39, 0.29) is 23.8 Å². The Labute approximate surface area is 171 Å². The topological polar surface area (TPSA) is 90.2 Å². The molecule has 154 valence electrons. The number of halogens is 1. The van der Waals surface area contributed by atoms with E-state index in [0.717, 1.165) is 6.42 Å². The van der Waals surface area contributed by atoms with Crippen molar-refractivity contribution in [3.63, 3.8) is 0 Å². The van der Waals surface area contributed by atoms with Crippen LogP contribution in [0.1, 0.15) is 60.3 Å². The first kappa shape index (κ1) is 24.1. The van der Waals surface area contributed by atoms with Gasteiger partial charge in [-0.3, -0.25) is 4.79 Å². The Morgan fingerprint density at radius 3 is 2.38 bits per heavy atom. The van der Waals surface area contributed by atoms with Crippen molar-refractivity contribution in [1.82, 2.24) is 4.90 Å². The highest BCUT2D eigenvalue weighted by Gasteiger charge is 2.44. The molecule has 3 N–H and O–H groups in total. The fraction of sp³-hybridized carbons (Fsp3) is 0.947. The van der Waals surface area contributed by atoms with Gasteiger partial charge in [-0.05, 0) is 82.0 Å². The molecule has 0 aromatic carbocycles. The first-order valence-electron chi connectivity index (χ1n) is 9.45. The minimum Gasteiger partial charge on any atom is -0.448 e. The van der Waals surface area contributed by atoms with Crippen LogP contribution in [-0.4, -0.2) is 67.2 Å². The number of carbonyl (C=O) groups is 1. The summed E-state index contributed by atoms with van der Waals surface area (Å²) in [6.45, 7) is 9.75. The Kier molecular flexibility index (Phi) is 8.79. The van der Waals surface area contributed by atoms with Gasteiger partial charge in [-0.25, -0.2) is 0 Å². The molecule has 0 amide bonds. The maximum absolute atomic E-state index is 12.3. The third-order valence-electron chi connectivity index (χ3n) is 5.57. The summed E-state index contributed by atoms with van der Waals surface area (Å²) in [5.74, 6) is -0.482. The van der Waals surface area contributed by atoms with Crippen LogP contribution in [0.3, 0.4) is 0 Å². The van der Waals surface area contributed by atoms with E-state index >= 15 is 0 Å². The van der Waals surface area contributed by atoms with Gasteiger partial charge in [0.15, 0.2) is 4.11 Å². The number of aliphatic hydroxyl groups excluding tert-OH is 1. The minimum atomic E-state index is -1.57. The Bertz CT molecular complexity index is 471. The van der Waals surface area contributed by atoms with E-state index < -0.39 is 21.4 Å².